The molecule has 3 rings (SSSR count). The maximum absolute atomic E-state index is 8.36. The highest BCUT2D eigenvalue weighted by Crippen LogP contribution is 2.36. The third kappa shape index (κ3) is 16.6. The molecule has 2 unspecified atom stereocenters. The highest BCUT2D eigenvalue weighted by Gasteiger charge is 2.28. The Hall–Kier alpha value is -2.35. The average molecular weight is 569 g/mol. The van der Waals surface area contributed by atoms with Crippen LogP contribution in [0.5, 0.6) is 0 Å². The van der Waals surface area contributed by atoms with E-state index in [-0.39, 0.29) is 7.90 Å². The van der Waals surface area contributed by atoms with Gasteiger partial charge < -0.3 is 9.84 Å². The number of rotatable bonds is 7. The van der Waals surface area contributed by atoms with Gasteiger partial charge in [0.1, 0.15) is 0 Å². The van der Waals surface area contributed by atoms with Crippen LogP contribution in [0.25, 0.3) is 0 Å². The monoisotopic (exact) mass is 568 g/mol. The summed E-state index contributed by atoms with van der Waals surface area (Å²) in [6, 6.07) is 11.0. The molecule has 0 aromatic heterocycles. The first-order chi connectivity index (χ1) is 19.7. The fourth-order valence-electron chi connectivity index (χ4n) is 5.82. The lowest BCUT2D eigenvalue weighted by Crippen LogP contribution is -2.28. The second kappa shape index (κ2) is 24.3. The standard InChI is InChI=1S/C22H34O.C12H18.C3H8.CH2O2.H2/c1-17-8-6-7-9-18(2)22(17)16-23-21-14-12-20(13-15-21)19-10-4-3-5-11-19;1-6-8-10(3)12(5)11(4)9-7-2;1-3-2;2-1-3;/h3-5,10-11,17-18,20-22H,6-9,12-16H2,1-2H3;8-9H,1,7H2,2-5H3;3H2,1-2H3;1H,(H,2,3);1H/b;11-9-,12-10-;;;/t17-,18?,20?,21?,22?;;;;/m0..../s1. The first-order valence-corrected chi connectivity index (χ1v) is 16.1. The number of allylic oxidation sites excluding steroid dienone is 5. The Kier molecular flexibility index (Phi) is 22.9. The van der Waals surface area contributed by atoms with Crippen molar-refractivity contribution in [2.45, 2.75) is 132 Å². The van der Waals surface area contributed by atoms with Crippen LogP contribution in [-0.4, -0.2) is 24.3 Å². The largest absolute Gasteiger partial charge is 0.483 e. The average Bonchev–Trinajstić information content (AvgIpc) is 3.13. The fraction of sp³-hybridized carbons (Fsp3) is 0.632. The van der Waals surface area contributed by atoms with Gasteiger partial charge in [0.05, 0.1) is 12.7 Å². The molecule has 0 spiro atoms. The van der Waals surface area contributed by atoms with Gasteiger partial charge in [0.15, 0.2) is 0 Å². The summed E-state index contributed by atoms with van der Waals surface area (Å²) in [5, 5.41) is 6.89. The Balaban J connectivity index is 0. The van der Waals surface area contributed by atoms with Crippen molar-refractivity contribution in [2.75, 3.05) is 6.61 Å². The molecule has 0 radical (unpaired) electrons. The summed E-state index contributed by atoms with van der Waals surface area (Å²) in [6.07, 6.45) is 17.7. The molecule has 2 aliphatic rings. The highest BCUT2D eigenvalue weighted by atomic mass is 16.5. The predicted octanol–water partition coefficient (Wildman–Crippen LogP) is 11.6. The van der Waals surface area contributed by atoms with Gasteiger partial charge in [-0.15, -0.1) is 5.73 Å². The van der Waals surface area contributed by atoms with Gasteiger partial charge in [-0.1, -0.05) is 115 Å². The SMILES string of the molecule is C=C=C/C(C)=C(C)\C(C)=C/CC.CC1CCCC[C@H](C)C1COC1CCC(c2ccccc2)CC1.CCC.O=CO.[HH]. The lowest BCUT2D eigenvalue weighted by Gasteiger charge is -2.32. The van der Waals surface area contributed by atoms with Crippen molar-refractivity contribution < 1.29 is 16.1 Å². The van der Waals surface area contributed by atoms with Crippen molar-refractivity contribution in [1.82, 2.24) is 0 Å². The summed E-state index contributed by atoms with van der Waals surface area (Å²) >= 11 is 0. The maximum Gasteiger partial charge on any atom is 0.290 e. The van der Waals surface area contributed by atoms with Crippen molar-refractivity contribution >= 4 is 6.47 Å². The molecule has 3 atom stereocenters. The molecule has 1 aromatic carbocycles. The summed E-state index contributed by atoms with van der Waals surface area (Å²) in [4.78, 5) is 8.36. The quantitative estimate of drug-likeness (QED) is 0.154. The van der Waals surface area contributed by atoms with Crippen molar-refractivity contribution in [2.24, 2.45) is 17.8 Å². The van der Waals surface area contributed by atoms with Crippen LogP contribution in [-0.2, 0) is 9.53 Å². The van der Waals surface area contributed by atoms with Crippen molar-refractivity contribution in [1.29, 1.82) is 0 Å². The second-order valence-electron chi connectivity index (χ2n) is 11.9. The molecule has 1 N–H and O–H groups in total. The van der Waals surface area contributed by atoms with Gasteiger partial charge in [0.2, 0.25) is 0 Å². The Labute approximate surface area is 255 Å². The van der Waals surface area contributed by atoms with Crippen LogP contribution in [0.4, 0.5) is 0 Å². The van der Waals surface area contributed by atoms with Crippen LogP contribution < -0.4 is 0 Å². The molecule has 0 aliphatic heterocycles. The normalized spacial score (nSPS) is 24.7. The van der Waals surface area contributed by atoms with E-state index in [1.165, 1.54) is 80.1 Å². The van der Waals surface area contributed by atoms with Gasteiger partial charge in [0.25, 0.3) is 6.47 Å². The molecular weight excluding hydrogens is 504 g/mol. The summed E-state index contributed by atoms with van der Waals surface area (Å²) in [5.41, 5.74) is 8.23. The molecule has 41 heavy (non-hydrogen) atoms. The Morgan fingerprint density at radius 2 is 1.49 bits per heavy atom. The Morgan fingerprint density at radius 1 is 0.976 bits per heavy atom. The molecule has 0 bridgehead atoms. The van der Waals surface area contributed by atoms with Gasteiger partial charge in [-0.2, -0.15) is 0 Å². The summed E-state index contributed by atoms with van der Waals surface area (Å²) in [7, 11) is 0. The van der Waals surface area contributed by atoms with Crippen molar-refractivity contribution in [3.05, 3.63) is 77.1 Å². The molecule has 2 fully saturated rings. The van der Waals surface area contributed by atoms with Gasteiger partial charge in [-0.05, 0) is 99.3 Å². The van der Waals surface area contributed by atoms with Crippen LogP contribution in [0.3, 0.4) is 0 Å². The number of hydrogen-bond acceptors (Lipinski definition) is 2. The minimum atomic E-state index is -0.250. The molecule has 3 heteroatoms. The number of hydrogen-bond donors (Lipinski definition) is 1. The molecule has 2 saturated carbocycles. The van der Waals surface area contributed by atoms with E-state index in [4.69, 9.17) is 14.6 Å². The zero-order valence-electron chi connectivity index (χ0n) is 27.8. The summed E-state index contributed by atoms with van der Waals surface area (Å²) in [6.45, 7) is 22.0. The number of carbonyl (C=O) groups is 1. The fourth-order valence-corrected chi connectivity index (χ4v) is 5.82. The third-order valence-corrected chi connectivity index (χ3v) is 8.51. The highest BCUT2D eigenvalue weighted by molar-refractivity contribution is 5.36. The van der Waals surface area contributed by atoms with E-state index < -0.39 is 0 Å². The van der Waals surface area contributed by atoms with Crippen molar-refractivity contribution in [3.63, 3.8) is 0 Å². The maximum atomic E-state index is 8.36. The van der Waals surface area contributed by atoms with Crippen LogP contribution in [0.1, 0.15) is 133 Å². The van der Waals surface area contributed by atoms with Crippen LogP contribution in [0.15, 0.2) is 71.5 Å². The third-order valence-electron chi connectivity index (χ3n) is 8.51. The zero-order valence-corrected chi connectivity index (χ0v) is 27.8. The molecule has 2 aliphatic carbocycles. The lowest BCUT2D eigenvalue weighted by molar-refractivity contribution is -0.122. The minimum Gasteiger partial charge on any atom is -0.483 e. The van der Waals surface area contributed by atoms with Gasteiger partial charge in [0, 0.05) is 1.43 Å². The van der Waals surface area contributed by atoms with E-state index >= 15 is 0 Å². The molecule has 1 aromatic rings. The topological polar surface area (TPSA) is 46.5 Å². The van der Waals surface area contributed by atoms with Gasteiger partial charge in [-0.3, -0.25) is 4.79 Å². The molecule has 3 nitrogen and oxygen atoms in total. The molecule has 234 valence electrons. The predicted molar refractivity (Wildman–Crippen MR) is 181 cm³/mol. The van der Waals surface area contributed by atoms with Crippen LogP contribution in [0, 0.1) is 17.8 Å². The number of carboxylic acid groups (broad SMARTS) is 1. The van der Waals surface area contributed by atoms with E-state index in [9.17, 15) is 0 Å². The molecular formula is C38H64O3. The van der Waals surface area contributed by atoms with Gasteiger partial charge in [-0.25, -0.2) is 0 Å². The smallest absolute Gasteiger partial charge is 0.290 e. The van der Waals surface area contributed by atoms with E-state index in [0.29, 0.717) is 6.10 Å². The van der Waals surface area contributed by atoms with E-state index in [1.54, 1.807) is 0 Å². The molecule has 0 heterocycles. The summed E-state index contributed by atoms with van der Waals surface area (Å²) in [5.74, 6) is 3.22. The molecule has 0 saturated heterocycles. The van der Waals surface area contributed by atoms with Gasteiger partial charge >= 0.3 is 0 Å². The van der Waals surface area contributed by atoms with E-state index in [2.05, 4.69) is 104 Å². The van der Waals surface area contributed by atoms with E-state index in [0.717, 1.165) is 36.7 Å². The molecule has 0 amide bonds. The van der Waals surface area contributed by atoms with Crippen LogP contribution >= 0.6 is 0 Å². The van der Waals surface area contributed by atoms with Crippen molar-refractivity contribution in [3.8, 4) is 0 Å². The first kappa shape index (κ1) is 38.6. The van der Waals surface area contributed by atoms with E-state index in [1.807, 2.05) is 6.08 Å². The second-order valence-corrected chi connectivity index (χ2v) is 11.9. The number of ether oxygens (including phenoxy) is 1. The Morgan fingerprint density at radius 3 is 1.95 bits per heavy atom. The summed E-state index contributed by atoms with van der Waals surface area (Å²) < 4.78 is 6.40. The first-order valence-electron chi connectivity index (χ1n) is 16.1. The zero-order chi connectivity index (χ0) is 31.0. The lowest BCUT2D eigenvalue weighted by atomic mass is 9.81. The number of benzene rings is 1. The van der Waals surface area contributed by atoms with Crippen LogP contribution in [0.2, 0.25) is 0 Å². The minimum absolute atomic E-state index is 0. The Bertz CT molecular complexity index is 894.